The smallest absolute Gasteiger partial charge is 0.243 e. The zero-order valence-electron chi connectivity index (χ0n) is 16.3. The molecule has 5 rings (SSSR count). The highest BCUT2D eigenvalue weighted by Gasteiger charge is 2.46. The van der Waals surface area contributed by atoms with Gasteiger partial charge in [0.2, 0.25) is 5.91 Å². The van der Waals surface area contributed by atoms with Gasteiger partial charge in [-0.1, -0.05) is 60.7 Å². The van der Waals surface area contributed by atoms with Gasteiger partial charge in [0, 0.05) is 18.4 Å². The normalized spacial score (nSPS) is 21.5. The van der Waals surface area contributed by atoms with Gasteiger partial charge >= 0.3 is 0 Å². The second-order valence-electron chi connectivity index (χ2n) is 8.08. The van der Waals surface area contributed by atoms with E-state index in [1.807, 2.05) is 49.4 Å². The quantitative estimate of drug-likeness (QED) is 0.693. The Hall–Kier alpha value is -3.14. The number of nitrogens with one attached hydrogen (secondary N) is 2. The molecule has 0 saturated heterocycles. The summed E-state index contributed by atoms with van der Waals surface area (Å²) in [6.45, 7) is 2.38. The van der Waals surface area contributed by atoms with Gasteiger partial charge in [-0.3, -0.25) is 4.79 Å². The molecule has 0 fully saturated rings. The van der Waals surface area contributed by atoms with E-state index in [0.717, 1.165) is 23.1 Å². The summed E-state index contributed by atoms with van der Waals surface area (Å²) in [5.74, 6) is -0.271. The van der Waals surface area contributed by atoms with Crippen LogP contribution in [0.25, 0.3) is 0 Å². The highest BCUT2D eigenvalue weighted by Crippen LogP contribution is 2.50. The van der Waals surface area contributed by atoms with Crippen molar-refractivity contribution in [3.05, 3.63) is 100 Å². The summed E-state index contributed by atoms with van der Waals surface area (Å²) in [5, 5.41) is 6.29. The fourth-order valence-corrected chi connectivity index (χ4v) is 4.92. The first kappa shape index (κ1) is 17.9. The number of carbonyl (C=O) groups is 1. The minimum Gasteiger partial charge on any atom is -0.371 e. The summed E-state index contributed by atoms with van der Waals surface area (Å²) in [4.78, 5) is 13.2. The predicted molar refractivity (Wildman–Crippen MR) is 112 cm³/mol. The van der Waals surface area contributed by atoms with E-state index in [-0.39, 0.29) is 23.6 Å². The molecule has 3 aromatic rings. The molecule has 0 bridgehead atoms. The van der Waals surface area contributed by atoms with Crippen molar-refractivity contribution in [3.8, 4) is 0 Å². The third-order valence-electron chi connectivity index (χ3n) is 6.19. The average molecular weight is 386 g/mol. The van der Waals surface area contributed by atoms with E-state index >= 15 is 0 Å². The zero-order valence-corrected chi connectivity index (χ0v) is 16.3. The van der Waals surface area contributed by atoms with Crippen LogP contribution in [0.1, 0.15) is 33.7 Å². The molecule has 1 aliphatic heterocycles. The average Bonchev–Trinajstić information content (AvgIpc) is 3.12. The lowest BCUT2D eigenvalue weighted by atomic mass is 9.77. The monoisotopic (exact) mass is 386 g/mol. The molecule has 3 nitrogen and oxygen atoms in total. The van der Waals surface area contributed by atoms with E-state index < -0.39 is 6.04 Å². The van der Waals surface area contributed by atoms with Crippen molar-refractivity contribution >= 4 is 11.6 Å². The van der Waals surface area contributed by atoms with Gasteiger partial charge in [0.15, 0.2) is 0 Å². The molecule has 146 valence electrons. The zero-order chi connectivity index (χ0) is 20.0. The molecule has 1 amide bonds. The van der Waals surface area contributed by atoms with Gasteiger partial charge in [-0.2, -0.15) is 0 Å². The Morgan fingerprint density at radius 3 is 2.66 bits per heavy atom. The van der Waals surface area contributed by atoms with Crippen LogP contribution in [0.15, 0.2) is 66.7 Å². The number of hydrogen-bond acceptors (Lipinski definition) is 2. The van der Waals surface area contributed by atoms with Crippen LogP contribution in [-0.2, 0) is 17.8 Å². The van der Waals surface area contributed by atoms with Crippen LogP contribution < -0.4 is 10.6 Å². The van der Waals surface area contributed by atoms with E-state index in [1.54, 1.807) is 0 Å². The Morgan fingerprint density at radius 1 is 1.07 bits per heavy atom. The van der Waals surface area contributed by atoms with E-state index in [2.05, 4.69) is 28.8 Å². The summed E-state index contributed by atoms with van der Waals surface area (Å²) < 4.78 is 14.9. The Kier molecular flexibility index (Phi) is 4.35. The van der Waals surface area contributed by atoms with Gasteiger partial charge in [0.1, 0.15) is 11.9 Å². The maximum absolute atomic E-state index is 14.9. The van der Waals surface area contributed by atoms with Crippen LogP contribution >= 0.6 is 0 Å². The fourth-order valence-electron chi connectivity index (χ4n) is 4.92. The standard InChI is InChI=1S/C25H23FN2O/c1-15-11-19-22-18-10-6-5-9-17(18)13-20(22)24(28-23(19)21(26)12-15)25(29)27-14-16-7-3-2-4-8-16/h2-12,20,22,24,28H,13-14H2,1H3,(H,27,29). The van der Waals surface area contributed by atoms with Crippen LogP contribution in [-0.4, -0.2) is 11.9 Å². The Bertz CT molecular complexity index is 1080. The molecule has 3 aromatic carbocycles. The molecule has 0 spiro atoms. The third kappa shape index (κ3) is 3.09. The van der Waals surface area contributed by atoms with Crippen LogP contribution in [0.3, 0.4) is 0 Å². The number of fused-ring (bicyclic) bond motifs is 5. The summed E-state index contributed by atoms with van der Waals surface area (Å²) in [6, 6.07) is 21.3. The minimum atomic E-state index is -0.471. The molecule has 2 N–H and O–H groups in total. The van der Waals surface area contributed by atoms with Crippen molar-refractivity contribution in [3.63, 3.8) is 0 Å². The van der Waals surface area contributed by atoms with Crippen molar-refractivity contribution in [1.29, 1.82) is 0 Å². The molecular formula is C25H23FN2O. The van der Waals surface area contributed by atoms with Crippen molar-refractivity contribution < 1.29 is 9.18 Å². The molecule has 1 heterocycles. The topological polar surface area (TPSA) is 41.1 Å². The Labute approximate surface area is 170 Å². The first-order chi connectivity index (χ1) is 14.1. The van der Waals surface area contributed by atoms with Gasteiger partial charge in [-0.05, 0) is 47.2 Å². The lowest BCUT2D eigenvalue weighted by molar-refractivity contribution is -0.123. The van der Waals surface area contributed by atoms with E-state index in [4.69, 9.17) is 0 Å². The second-order valence-corrected chi connectivity index (χ2v) is 8.08. The highest BCUT2D eigenvalue weighted by atomic mass is 19.1. The third-order valence-corrected chi connectivity index (χ3v) is 6.19. The molecule has 2 aliphatic rings. The van der Waals surface area contributed by atoms with Crippen molar-refractivity contribution in [2.24, 2.45) is 5.92 Å². The summed E-state index contributed by atoms with van der Waals surface area (Å²) in [6.07, 6.45) is 0.812. The second kappa shape index (κ2) is 7.03. The number of benzene rings is 3. The Balaban J connectivity index is 1.50. The molecule has 0 radical (unpaired) electrons. The molecule has 3 unspecified atom stereocenters. The van der Waals surface area contributed by atoms with Crippen LogP contribution in [0.4, 0.5) is 10.1 Å². The summed E-state index contributed by atoms with van der Waals surface area (Å²) >= 11 is 0. The first-order valence-electron chi connectivity index (χ1n) is 10.1. The number of carbonyl (C=O) groups excluding carboxylic acids is 1. The van der Waals surface area contributed by atoms with Crippen LogP contribution in [0.5, 0.6) is 0 Å². The number of halogens is 1. The van der Waals surface area contributed by atoms with Crippen LogP contribution in [0.2, 0.25) is 0 Å². The number of amides is 1. The largest absolute Gasteiger partial charge is 0.371 e. The van der Waals surface area contributed by atoms with E-state index in [1.165, 1.54) is 17.2 Å². The van der Waals surface area contributed by atoms with Gasteiger partial charge in [-0.15, -0.1) is 0 Å². The summed E-state index contributed by atoms with van der Waals surface area (Å²) in [5.41, 5.74) is 5.84. The van der Waals surface area contributed by atoms with Gasteiger partial charge in [0.25, 0.3) is 0 Å². The minimum absolute atomic E-state index is 0.0318. The predicted octanol–water partition coefficient (Wildman–Crippen LogP) is 4.55. The van der Waals surface area contributed by atoms with E-state index in [9.17, 15) is 9.18 Å². The molecule has 4 heteroatoms. The number of aryl methyl sites for hydroxylation is 1. The lowest BCUT2D eigenvalue weighted by Gasteiger charge is -2.37. The number of rotatable bonds is 3. The SMILES string of the molecule is Cc1cc(F)c2c(c1)C1c3ccccc3CC1C(C(=O)NCc1ccccc1)N2. The fraction of sp³-hybridized carbons (Fsp3) is 0.240. The molecule has 29 heavy (non-hydrogen) atoms. The van der Waals surface area contributed by atoms with Gasteiger partial charge < -0.3 is 10.6 Å². The van der Waals surface area contributed by atoms with Crippen LogP contribution in [0, 0.1) is 18.7 Å². The maximum atomic E-state index is 14.9. The number of anilines is 1. The van der Waals surface area contributed by atoms with Crippen molar-refractivity contribution in [1.82, 2.24) is 5.32 Å². The molecular weight excluding hydrogens is 363 g/mol. The van der Waals surface area contributed by atoms with Gasteiger partial charge in [0.05, 0.1) is 5.69 Å². The maximum Gasteiger partial charge on any atom is 0.243 e. The van der Waals surface area contributed by atoms with E-state index in [0.29, 0.717) is 12.2 Å². The molecule has 0 saturated carbocycles. The van der Waals surface area contributed by atoms with Crippen molar-refractivity contribution in [2.45, 2.75) is 31.8 Å². The lowest BCUT2D eigenvalue weighted by Crippen LogP contribution is -2.48. The molecule has 1 aliphatic carbocycles. The highest BCUT2D eigenvalue weighted by molar-refractivity contribution is 5.87. The van der Waals surface area contributed by atoms with Gasteiger partial charge in [-0.25, -0.2) is 4.39 Å². The number of hydrogen-bond donors (Lipinski definition) is 2. The van der Waals surface area contributed by atoms with Crippen molar-refractivity contribution in [2.75, 3.05) is 5.32 Å². The molecule has 3 atom stereocenters. The first-order valence-corrected chi connectivity index (χ1v) is 10.1. The Morgan fingerprint density at radius 2 is 1.83 bits per heavy atom. The molecule has 0 aromatic heterocycles. The summed E-state index contributed by atoms with van der Waals surface area (Å²) in [7, 11) is 0.